The van der Waals surface area contributed by atoms with Gasteiger partial charge in [-0.3, -0.25) is 0 Å². The molecule has 0 amide bonds. The molecule has 49 heavy (non-hydrogen) atoms. The van der Waals surface area contributed by atoms with Crippen molar-refractivity contribution in [2.75, 3.05) is 0 Å². The lowest BCUT2D eigenvalue weighted by molar-refractivity contribution is 0.569. The average Bonchev–Trinajstić information content (AvgIpc) is 3.55. The van der Waals surface area contributed by atoms with Crippen LogP contribution in [0.5, 0.6) is 0 Å². The maximum atomic E-state index is 6.63. The Balaban J connectivity index is 1.55. The van der Waals surface area contributed by atoms with E-state index in [1.54, 1.807) is 0 Å². The quantitative estimate of drug-likeness (QED) is 0.183. The van der Waals surface area contributed by atoms with Crippen LogP contribution >= 0.6 is 0 Å². The van der Waals surface area contributed by atoms with E-state index in [-0.39, 0.29) is 21.7 Å². The van der Waals surface area contributed by atoms with Gasteiger partial charge in [-0.1, -0.05) is 126 Å². The number of aryl methyl sites for hydroxylation is 1. The van der Waals surface area contributed by atoms with Gasteiger partial charge in [-0.05, 0) is 110 Å². The maximum absolute atomic E-state index is 6.63. The van der Waals surface area contributed by atoms with Gasteiger partial charge < -0.3 is 8.98 Å². The summed E-state index contributed by atoms with van der Waals surface area (Å²) in [6.07, 6.45) is 0. The van der Waals surface area contributed by atoms with Crippen LogP contribution in [0.15, 0.2) is 89.3 Å². The third-order valence-corrected chi connectivity index (χ3v) is 10.6. The summed E-state index contributed by atoms with van der Waals surface area (Å²) in [5.41, 5.74) is 14.8. The molecule has 0 unspecified atom stereocenters. The smallest absolute Gasteiger partial charge is 0.136 e. The van der Waals surface area contributed by atoms with Crippen molar-refractivity contribution in [2.45, 2.75) is 112 Å². The van der Waals surface area contributed by atoms with Gasteiger partial charge in [0.05, 0.1) is 11.0 Å². The number of fused-ring (bicyclic) bond motifs is 6. The van der Waals surface area contributed by atoms with Gasteiger partial charge >= 0.3 is 0 Å². The fraction of sp³-hybridized carbons (Fsp3) is 0.362. The van der Waals surface area contributed by atoms with Crippen molar-refractivity contribution in [3.05, 3.63) is 113 Å². The molecule has 0 fully saturated rings. The third kappa shape index (κ3) is 5.58. The van der Waals surface area contributed by atoms with Crippen LogP contribution in [0.2, 0.25) is 0 Å². The van der Waals surface area contributed by atoms with E-state index in [2.05, 4.69) is 180 Å². The number of benzene rings is 5. The molecule has 2 heterocycles. The number of rotatable bonds is 2. The Bertz CT molecular complexity index is 2310. The number of furan rings is 1. The predicted molar refractivity (Wildman–Crippen MR) is 213 cm³/mol. The molecule has 0 spiro atoms. The maximum Gasteiger partial charge on any atom is 0.136 e. The number of hydrogen-bond acceptors (Lipinski definition) is 1. The Labute approximate surface area is 293 Å². The van der Waals surface area contributed by atoms with Gasteiger partial charge in [-0.25, -0.2) is 0 Å². The molecule has 0 bridgehead atoms. The molecule has 0 radical (unpaired) electrons. The summed E-state index contributed by atoms with van der Waals surface area (Å²) in [5.74, 6) is 0. The van der Waals surface area contributed by atoms with Crippen LogP contribution in [0.3, 0.4) is 0 Å². The second-order valence-corrected chi connectivity index (χ2v) is 18.5. The second-order valence-electron chi connectivity index (χ2n) is 18.5. The van der Waals surface area contributed by atoms with Crippen LogP contribution in [0.25, 0.3) is 60.6 Å². The normalized spacial score (nSPS) is 13.4. The predicted octanol–water partition coefficient (Wildman–Crippen LogP) is 13.8. The summed E-state index contributed by atoms with van der Waals surface area (Å²) >= 11 is 0. The molecule has 5 aromatic carbocycles. The highest BCUT2D eigenvalue weighted by Crippen LogP contribution is 2.44. The van der Waals surface area contributed by atoms with Crippen LogP contribution in [0.4, 0.5) is 0 Å². The van der Waals surface area contributed by atoms with Gasteiger partial charge in [0, 0.05) is 27.2 Å². The molecule has 0 atom stereocenters. The van der Waals surface area contributed by atoms with Gasteiger partial charge in [-0.2, -0.15) is 0 Å². The molecule has 7 rings (SSSR count). The number of nitrogens with zero attached hydrogens (tertiary/aromatic N) is 1. The first kappa shape index (κ1) is 33.2. The van der Waals surface area contributed by atoms with Gasteiger partial charge in [0.2, 0.25) is 0 Å². The molecule has 0 aliphatic rings. The first-order valence-electron chi connectivity index (χ1n) is 17.9. The van der Waals surface area contributed by atoms with Crippen molar-refractivity contribution in [2.24, 2.45) is 0 Å². The minimum absolute atomic E-state index is 0.0295. The summed E-state index contributed by atoms with van der Waals surface area (Å²) in [4.78, 5) is 0. The van der Waals surface area contributed by atoms with E-state index in [0.29, 0.717) is 0 Å². The zero-order chi connectivity index (χ0) is 35.4. The van der Waals surface area contributed by atoms with E-state index in [1.165, 1.54) is 77.2 Å². The highest BCUT2D eigenvalue weighted by Gasteiger charge is 2.25. The van der Waals surface area contributed by atoms with Gasteiger partial charge in [0.25, 0.3) is 0 Å². The minimum Gasteiger partial charge on any atom is -0.456 e. The summed E-state index contributed by atoms with van der Waals surface area (Å²) in [6, 6.07) is 32.3. The fourth-order valence-electron chi connectivity index (χ4n) is 7.41. The van der Waals surface area contributed by atoms with Crippen molar-refractivity contribution in [1.82, 2.24) is 4.57 Å². The zero-order valence-electron chi connectivity index (χ0n) is 31.9. The standard InChI is InChI=1S/C47H53NO/c1-28-37(48-38-19-17-30(44(2,3)4)26-35(38)36-27-31(45(5,6)7)18-20-39(36)48)21-22-41-42(28)43-34(15-14-16-40(43)49-41)29-23-32(46(8,9)10)25-33(24-29)47(11,12)13/h14-27H,1-13H3. The molecular formula is C47H53NO. The van der Waals surface area contributed by atoms with Crippen LogP contribution in [0.1, 0.15) is 111 Å². The summed E-state index contributed by atoms with van der Waals surface area (Å²) in [7, 11) is 0. The van der Waals surface area contributed by atoms with Crippen molar-refractivity contribution < 1.29 is 4.42 Å². The highest BCUT2D eigenvalue weighted by molar-refractivity contribution is 6.15. The Morgan fingerprint density at radius 3 is 1.45 bits per heavy atom. The topological polar surface area (TPSA) is 18.1 Å². The molecule has 0 saturated carbocycles. The van der Waals surface area contributed by atoms with E-state index in [1.807, 2.05) is 0 Å². The van der Waals surface area contributed by atoms with Gasteiger partial charge in [-0.15, -0.1) is 0 Å². The summed E-state index contributed by atoms with van der Waals surface area (Å²) in [5, 5.41) is 4.99. The van der Waals surface area contributed by atoms with Gasteiger partial charge in [0.15, 0.2) is 0 Å². The molecule has 7 aromatic rings. The van der Waals surface area contributed by atoms with Crippen molar-refractivity contribution >= 4 is 43.7 Å². The molecule has 252 valence electrons. The monoisotopic (exact) mass is 647 g/mol. The van der Waals surface area contributed by atoms with Crippen LogP contribution in [0, 0.1) is 6.92 Å². The Kier molecular flexibility index (Phi) is 7.35. The SMILES string of the molecule is Cc1c(-n2c3ccc(C(C)(C)C)cc3c3cc(C(C)(C)C)ccc32)ccc2oc3cccc(-c4cc(C(C)(C)C)cc(C(C)(C)C)c4)c3c12. The zero-order valence-corrected chi connectivity index (χ0v) is 31.9. The molecule has 2 heteroatoms. The Hall–Kier alpha value is -4.30. The molecule has 0 aliphatic heterocycles. The lowest BCUT2D eigenvalue weighted by atomic mass is 9.78. The molecular weight excluding hydrogens is 595 g/mol. The molecule has 0 saturated heterocycles. The lowest BCUT2D eigenvalue weighted by Gasteiger charge is -2.26. The van der Waals surface area contributed by atoms with Crippen molar-refractivity contribution in [3.8, 4) is 16.8 Å². The lowest BCUT2D eigenvalue weighted by Crippen LogP contribution is -2.16. The molecule has 0 aliphatic carbocycles. The fourth-order valence-corrected chi connectivity index (χ4v) is 7.41. The Morgan fingerprint density at radius 2 is 0.959 bits per heavy atom. The first-order valence-corrected chi connectivity index (χ1v) is 17.9. The molecule has 2 nitrogen and oxygen atoms in total. The van der Waals surface area contributed by atoms with Crippen LogP contribution < -0.4 is 0 Å². The van der Waals surface area contributed by atoms with E-state index in [4.69, 9.17) is 4.42 Å². The van der Waals surface area contributed by atoms with E-state index >= 15 is 0 Å². The van der Waals surface area contributed by atoms with Crippen molar-refractivity contribution in [3.63, 3.8) is 0 Å². The van der Waals surface area contributed by atoms with Crippen LogP contribution in [-0.4, -0.2) is 4.57 Å². The van der Waals surface area contributed by atoms with E-state index in [9.17, 15) is 0 Å². The number of hydrogen-bond donors (Lipinski definition) is 0. The highest BCUT2D eigenvalue weighted by atomic mass is 16.3. The summed E-state index contributed by atoms with van der Waals surface area (Å²) in [6.45, 7) is 29.9. The minimum atomic E-state index is 0.0295. The summed E-state index contributed by atoms with van der Waals surface area (Å²) < 4.78 is 9.12. The van der Waals surface area contributed by atoms with Crippen LogP contribution in [-0.2, 0) is 21.7 Å². The molecule has 2 aromatic heterocycles. The first-order chi connectivity index (χ1) is 22.7. The Morgan fingerprint density at radius 1 is 0.469 bits per heavy atom. The largest absolute Gasteiger partial charge is 0.456 e. The average molecular weight is 648 g/mol. The molecule has 0 N–H and O–H groups in total. The van der Waals surface area contributed by atoms with E-state index < -0.39 is 0 Å². The van der Waals surface area contributed by atoms with E-state index in [0.717, 1.165) is 11.2 Å². The van der Waals surface area contributed by atoms with Gasteiger partial charge in [0.1, 0.15) is 11.2 Å². The van der Waals surface area contributed by atoms with Crippen molar-refractivity contribution in [1.29, 1.82) is 0 Å². The number of aromatic nitrogens is 1. The third-order valence-electron chi connectivity index (χ3n) is 10.6. The second kappa shape index (κ2) is 10.8.